The Morgan fingerprint density at radius 3 is 2.38 bits per heavy atom. The molecule has 0 saturated carbocycles. The van der Waals surface area contributed by atoms with Crippen LogP contribution in [0.1, 0.15) is 50.2 Å². The van der Waals surface area contributed by atoms with E-state index < -0.39 is 17.7 Å². The summed E-state index contributed by atoms with van der Waals surface area (Å²) in [4.78, 5) is 22.3. The third kappa shape index (κ3) is 3.76. The average Bonchev–Trinajstić information content (AvgIpc) is 2.47. The summed E-state index contributed by atoms with van der Waals surface area (Å²) in [7, 11) is 0. The fourth-order valence-corrected chi connectivity index (χ4v) is 2.42. The Morgan fingerprint density at radius 1 is 1.21 bits per heavy atom. The van der Waals surface area contributed by atoms with Crippen molar-refractivity contribution >= 4 is 11.9 Å². The molecule has 0 N–H and O–H groups in total. The number of aromatic nitrogens is 1. The molecule has 1 aromatic heterocycles. The highest BCUT2D eigenvalue weighted by atomic mass is 16.7. The Labute approximate surface area is 139 Å². The normalized spacial score (nSPS) is 15.2. The van der Waals surface area contributed by atoms with Gasteiger partial charge in [0.2, 0.25) is 17.2 Å². The Bertz CT molecular complexity index is 682. The third-order valence-corrected chi connectivity index (χ3v) is 3.61. The van der Waals surface area contributed by atoms with Gasteiger partial charge in [-0.25, -0.2) is 0 Å². The second kappa shape index (κ2) is 6.64. The van der Waals surface area contributed by atoms with Crippen molar-refractivity contribution in [3.05, 3.63) is 27.7 Å². The van der Waals surface area contributed by atoms with Crippen LogP contribution >= 0.6 is 0 Å². The van der Waals surface area contributed by atoms with Gasteiger partial charge < -0.3 is 24.2 Å². The SMILES string of the molecule is CC(=O)OCc1c2c(c(C)[n+]([O-])c1COC(C)=O)OC(C)(C)OC2. The number of ether oxygens (including phenoxy) is 4. The lowest BCUT2D eigenvalue weighted by atomic mass is 10.0. The largest absolute Gasteiger partial charge is 0.618 e. The first kappa shape index (κ1) is 18.0. The molecule has 8 heteroatoms. The molecule has 0 amide bonds. The number of carbonyl (C=O) groups excluding carboxylic acids is 2. The first-order valence-electron chi connectivity index (χ1n) is 7.49. The number of fused-ring (bicyclic) bond motifs is 1. The van der Waals surface area contributed by atoms with Crippen LogP contribution in [0.15, 0.2) is 0 Å². The summed E-state index contributed by atoms with van der Waals surface area (Å²) in [5.41, 5.74) is 1.56. The van der Waals surface area contributed by atoms with Gasteiger partial charge in [0.05, 0.1) is 12.2 Å². The van der Waals surface area contributed by atoms with E-state index in [0.717, 1.165) is 0 Å². The van der Waals surface area contributed by atoms with Gasteiger partial charge in [0.15, 0.2) is 12.4 Å². The first-order chi connectivity index (χ1) is 11.1. The molecule has 0 aliphatic carbocycles. The minimum atomic E-state index is -0.874. The lowest BCUT2D eigenvalue weighted by Crippen LogP contribution is -2.43. The number of pyridine rings is 1. The fourth-order valence-electron chi connectivity index (χ4n) is 2.42. The second-order valence-electron chi connectivity index (χ2n) is 5.96. The quantitative estimate of drug-likeness (QED) is 0.464. The van der Waals surface area contributed by atoms with Gasteiger partial charge in [0.25, 0.3) is 0 Å². The van der Waals surface area contributed by atoms with Gasteiger partial charge in [-0.05, 0) is 0 Å². The Balaban J connectivity index is 2.55. The van der Waals surface area contributed by atoms with Crippen LogP contribution in [0.5, 0.6) is 5.75 Å². The minimum Gasteiger partial charge on any atom is -0.618 e. The van der Waals surface area contributed by atoms with Crippen molar-refractivity contribution < 1.29 is 33.3 Å². The van der Waals surface area contributed by atoms with Gasteiger partial charge in [-0.2, -0.15) is 4.73 Å². The predicted molar refractivity (Wildman–Crippen MR) is 80.6 cm³/mol. The van der Waals surface area contributed by atoms with E-state index >= 15 is 0 Å². The van der Waals surface area contributed by atoms with Crippen LogP contribution in [-0.4, -0.2) is 17.7 Å². The second-order valence-corrected chi connectivity index (χ2v) is 5.96. The van der Waals surface area contributed by atoms with Crippen molar-refractivity contribution in [1.29, 1.82) is 0 Å². The van der Waals surface area contributed by atoms with E-state index in [1.807, 2.05) is 0 Å². The van der Waals surface area contributed by atoms with Gasteiger partial charge in [-0.1, -0.05) is 0 Å². The minimum absolute atomic E-state index is 0.135. The maximum absolute atomic E-state index is 12.6. The van der Waals surface area contributed by atoms with Crippen LogP contribution in [0.3, 0.4) is 0 Å². The Morgan fingerprint density at radius 2 is 1.79 bits per heavy atom. The highest BCUT2D eigenvalue weighted by molar-refractivity contribution is 5.66. The molecule has 132 valence electrons. The molecular weight excluding hydrogens is 318 g/mol. The molecule has 24 heavy (non-hydrogen) atoms. The maximum atomic E-state index is 12.6. The van der Waals surface area contributed by atoms with E-state index in [2.05, 4.69) is 0 Å². The van der Waals surface area contributed by atoms with Crippen LogP contribution < -0.4 is 9.47 Å². The highest BCUT2D eigenvalue weighted by Gasteiger charge is 2.36. The third-order valence-electron chi connectivity index (χ3n) is 3.61. The van der Waals surface area contributed by atoms with Crippen molar-refractivity contribution in [2.24, 2.45) is 0 Å². The van der Waals surface area contributed by atoms with Crippen LogP contribution in [0.2, 0.25) is 0 Å². The maximum Gasteiger partial charge on any atom is 0.303 e. The number of nitrogens with zero attached hydrogens (tertiary/aromatic N) is 1. The fraction of sp³-hybridized carbons (Fsp3) is 0.562. The Hall–Kier alpha value is -2.35. The highest BCUT2D eigenvalue weighted by Crippen LogP contribution is 2.36. The summed E-state index contributed by atoms with van der Waals surface area (Å²) < 4.78 is 22.0. The molecule has 0 saturated heterocycles. The number of hydrogen-bond acceptors (Lipinski definition) is 7. The van der Waals surface area contributed by atoms with Gasteiger partial charge in [-0.3, -0.25) is 9.59 Å². The standard InChI is InChI=1S/C16H21NO7/c1-9-15-13(7-23-16(4,5)24-15)12(6-21-10(2)18)14(17(9)20)8-22-11(3)19/h6-8H2,1-5H3. The summed E-state index contributed by atoms with van der Waals surface area (Å²) in [6.45, 7) is 7.44. The van der Waals surface area contributed by atoms with Crippen LogP contribution in [-0.2, 0) is 43.6 Å². The Kier molecular flexibility index (Phi) is 4.98. The summed E-state index contributed by atoms with van der Waals surface area (Å²) >= 11 is 0. The van der Waals surface area contributed by atoms with Gasteiger partial charge in [-0.15, -0.1) is 0 Å². The van der Waals surface area contributed by atoms with Crippen molar-refractivity contribution in [2.75, 3.05) is 0 Å². The lowest BCUT2D eigenvalue weighted by Gasteiger charge is -2.34. The van der Waals surface area contributed by atoms with Crippen LogP contribution in [0.25, 0.3) is 0 Å². The number of esters is 2. The topological polar surface area (TPSA) is 98.0 Å². The molecule has 0 bridgehead atoms. The summed E-state index contributed by atoms with van der Waals surface area (Å²) in [5, 5.41) is 12.6. The lowest BCUT2D eigenvalue weighted by molar-refractivity contribution is -0.624. The van der Waals surface area contributed by atoms with Crippen LogP contribution in [0, 0.1) is 12.1 Å². The number of hydrogen-bond donors (Lipinski definition) is 0. The van der Waals surface area contributed by atoms with Crippen molar-refractivity contribution in [2.45, 2.75) is 60.2 Å². The molecule has 2 rings (SSSR count). The molecule has 1 aromatic rings. The molecule has 0 unspecified atom stereocenters. The van der Waals surface area contributed by atoms with E-state index in [9.17, 15) is 14.8 Å². The average molecular weight is 339 g/mol. The molecule has 1 aliphatic heterocycles. The zero-order valence-corrected chi connectivity index (χ0v) is 14.4. The van der Waals surface area contributed by atoms with E-state index in [0.29, 0.717) is 27.3 Å². The molecule has 0 radical (unpaired) electrons. The molecule has 1 aliphatic rings. The smallest absolute Gasteiger partial charge is 0.303 e. The molecule has 0 atom stereocenters. The van der Waals surface area contributed by atoms with E-state index in [1.165, 1.54) is 13.8 Å². The van der Waals surface area contributed by atoms with E-state index in [-0.39, 0.29) is 25.5 Å². The van der Waals surface area contributed by atoms with Crippen molar-refractivity contribution in [3.63, 3.8) is 0 Å². The molecule has 2 heterocycles. The van der Waals surface area contributed by atoms with E-state index in [1.54, 1.807) is 20.8 Å². The zero-order chi connectivity index (χ0) is 18.1. The van der Waals surface area contributed by atoms with E-state index in [4.69, 9.17) is 18.9 Å². The molecule has 0 fully saturated rings. The zero-order valence-electron chi connectivity index (χ0n) is 14.4. The summed E-state index contributed by atoms with van der Waals surface area (Å²) in [6.07, 6.45) is 0. The monoisotopic (exact) mass is 339 g/mol. The molecule has 0 spiro atoms. The van der Waals surface area contributed by atoms with Crippen LogP contribution in [0.4, 0.5) is 0 Å². The van der Waals surface area contributed by atoms with Gasteiger partial charge >= 0.3 is 11.9 Å². The molecular formula is C16H21NO7. The van der Waals surface area contributed by atoms with Gasteiger partial charge in [0, 0.05) is 40.2 Å². The van der Waals surface area contributed by atoms with Gasteiger partial charge in [0.1, 0.15) is 6.61 Å². The number of carbonyl (C=O) groups is 2. The molecule has 0 aromatic carbocycles. The summed E-state index contributed by atoms with van der Waals surface area (Å²) in [5.74, 6) is -1.48. The molecule has 8 nitrogen and oxygen atoms in total. The predicted octanol–water partition coefficient (Wildman–Crippen LogP) is 1.40. The first-order valence-corrected chi connectivity index (χ1v) is 7.49. The summed E-state index contributed by atoms with van der Waals surface area (Å²) in [6, 6.07) is 0. The van der Waals surface area contributed by atoms with Crippen molar-refractivity contribution in [1.82, 2.24) is 0 Å². The van der Waals surface area contributed by atoms with Crippen molar-refractivity contribution in [3.8, 4) is 5.75 Å². The number of rotatable bonds is 4.